The van der Waals surface area contributed by atoms with Crippen molar-refractivity contribution >= 4 is 23.4 Å². The Labute approximate surface area is 182 Å². The Kier molecular flexibility index (Phi) is 6.82. The zero-order chi connectivity index (χ0) is 21.8. The van der Waals surface area contributed by atoms with E-state index >= 15 is 0 Å². The van der Waals surface area contributed by atoms with Crippen molar-refractivity contribution in [2.75, 3.05) is 11.1 Å². The molecule has 1 aromatic heterocycles. The molecule has 158 valence electrons. The van der Waals surface area contributed by atoms with Crippen LogP contribution in [0.4, 0.5) is 5.69 Å². The largest absolute Gasteiger partial charge is 0.482 e. The third kappa shape index (κ3) is 5.02. The molecule has 7 heteroatoms. The molecule has 1 unspecified atom stereocenters. The molecular weight excluding hydrogens is 396 g/mol. The second-order valence-electron chi connectivity index (χ2n) is 7.51. The monoisotopic (exact) mass is 424 g/mol. The van der Waals surface area contributed by atoms with Crippen LogP contribution in [0, 0.1) is 27.7 Å². The number of rotatable bonds is 7. The Balaban J connectivity index is 1.62. The molecule has 0 aliphatic carbocycles. The second kappa shape index (κ2) is 9.34. The Morgan fingerprint density at radius 2 is 1.90 bits per heavy atom. The molecule has 3 aromatic rings. The molecule has 30 heavy (non-hydrogen) atoms. The van der Waals surface area contributed by atoms with Crippen LogP contribution in [0.15, 0.2) is 41.6 Å². The number of aromatic nitrogens is 3. The van der Waals surface area contributed by atoms with E-state index < -0.39 is 0 Å². The fourth-order valence-electron chi connectivity index (χ4n) is 3.17. The molecule has 0 spiro atoms. The first-order valence-electron chi connectivity index (χ1n) is 9.88. The van der Waals surface area contributed by atoms with Crippen molar-refractivity contribution in [3.63, 3.8) is 0 Å². The maximum absolute atomic E-state index is 12.4. The van der Waals surface area contributed by atoms with E-state index in [-0.39, 0.29) is 17.8 Å². The summed E-state index contributed by atoms with van der Waals surface area (Å²) < 4.78 is 8.00. The van der Waals surface area contributed by atoms with Crippen LogP contribution in [0.1, 0.15) is 41.1 Å². The number of nitrogens with zero attached hydrogens (tertiary/aromatic N) is 3. The molecule has 6 nitrogen and oxygen atoms in total. The molecule has 0 radical (unpaired) electrons. The standard InChI is InChI=1S/C23H28N4O2S/c1-14-10-11-19(16(3)12-14)24-21(28)13-30-23-26-25-22(27(23)6)18(5)29-20-9-7-8-15(2)17(20)4/h7-12,18H,13H2,1-6H3,(H,24,28). The minimum absolute atomic E-state index is 0.0730. The highest BCUT2D eigenvalue weighted by atomic mass is 32.2. The summed E-state index contributed by atoms with van der Waals surface area (Å²) in [6, 6.07) is 12.0. The average Bonchev–Trinajstić information content (AvgIpc) is 3.06. The quantitative estimate of drug-likeness (QED) is 0.545. The van der Waals surface area contributed by atoms with Gasteiger partial charge < -0.3 is 14.6 Å². The summed E-state index contributed by atoms with van der Waals surface area (Å²) in [6.45, 7) is 10.1. The molecule has 0 saturated carbocycles. The van der Waals surface area contributed by atoms with Gasteiger partial charge in [0.2, 0.25) is 5.91 Å². The van der Waals surface area contributed by atoms with Gasteiger partial charge in [0.25, 0.3) is 0 Å². The van der Waals surface area contributed by atoms with Crippen molar-refractivity contribution < 1.29 is 9.53 Å². The molecule has 1 amide bonds. The summed E-state index contributed by atoms with van der Waals surface area (Å²) in [5, 5.41) is 12.2. The van der Waals surface area contributed by atoms with Crippen molar-refractivity contribution in [1.29, 1.82) is 0 Å². The molecule has 0 aliphatic heterocycles. The van der Waals surface area contributed by atoms with Crippen molar-refractivity contribution in [3.05, 3.63) is 64.5 Å². The summed E-state index contributed by atoms with van der Waals surface area (Å²) in [4.78, 5) is 12.4. The lowest BCUT2D eigenvalue weighted by Crippen LogP contribution is -2.15. The van der Waals surface area contributed by atoms with Gasteiger partial charge in [0, 0.05) is 12.7 Å². The Morgan fingerprint density at radius 3 is 2.63 bits per heavy atom. The summed E-state index contributed by atoms with van der Waals surface area (Å²) in [7, 11) is 1.89. The number of hydrogen-bond donors (Lipinski definition) is 1. The third-order valence-corrected chi connectivity index (χ3v) is 6.10. The van der Waals surface area contributed by atoms with Crippen molar-refractivity contribution in [1.82, 2.24) is 14.8 Å². The number of carbonyl (C=O) groups is 1. The van der Waals surface area contributed by atoms with Crippen LogP contribution in [0.25, 0.3) is 0 Å². The van der Waals surface area contributed by atoms with Crippen molar-refractivity contribution in [2.45, 2.75) is 45.9 Å². The maximum Gasteiger partial charge on any atom is 0.234 e. The van der Waals surface area contributed by atoms with Crippen LogP contribution in [-0.4, -0.2) is 26.4 Å². The molecule has 3 rings (SSSR count). The highest BCUT2D eigenvalue weighted by molar-refractivity contribution is 7.99. The smallest absolute Gasteiger partial charge is 0.234 e. The number of ether oxygens (including phenoxy) is 1. The van der Waals surface area contributed by atoms with Gasteiger partial charge in [-0.15, -0.1) is 10.2 Å². The van der Waals surface area contributed by atoms with Crippen LogP contribution in [0.3, 0.4) is 0 Å². The van der Waals surface area contributed by atoms with E-state index in [0.29, 0.717) is 11.0 Å². The number of nitrogens with one attached hydrogen (secondary N) is 1. The fraction of sp³-hybridized carbons (Fsp3) is 0.348. The van der Waals surface area contributed by atoms with Gasteiger partial charge in [0.05, 0.1) is 5.75 Å². The van der Waals surface area contributed by atoms with Gasteiger partial charge in [-0.2, -0.15) is 0 Å². The summed E-state index contributed by atoms with van der Waals surface area (Å²) in [5.41, 5.74) is 5.35. The summed E-state index contributed by atoms with van der Waals surface area (Å²) in [6.07, 6.45) is -0.263. The van der Waals surface area contributed by atoms with Gasteiger partial charge in [-0.25, -0.2) is 0 Å². The lowest BCUT2D eigenvalue weighted by molar-refractivity contribution is -0.113. The van der Waals surface area contributed by atoms with Crippen LogP contribution < -0.4 is 10.1 Å². The molecule has 0 aliphatic rings. The highest BCUT2D eigenvalue weighted by Crippen LogP contribution is 2.27. The van der Waals surface area contributed by atoms with Crippen LogP contribution in [0.2, 0.25) is 0 Å². The van der Waals surface area contributed by atoms with Crippen molar-refractivity contribution in [3.8, 4) is 5.75 Å². The minimum Gasteiger partial charge on any atom is -0.482 e. The first-order chi connectivity index (χ1) is 14.3. The predicted octanol–water partition coefficient (Wildman–Crippen LogP) is 4.92. The van der Waals surface area contributed by atoms with E-state index in [4.69, 9.17) is 4.74 Å². The first kappa shape index (κ1) is 21.9. The topological polar surface area (TPSA) is 69.0 Å². The number of amides is 1. The maximum atomic E-state index is 12.4. The van der Waals surface area contributed by atoms with Gasteiger partial charge in [-0.1, -0.05) is 41.6 Å². The number of benzene rings is 2. The van der Waals surface area contributed by atoms with Gasteiger partial charge >= 0.3 is 0 Å². The van der Waals surface area contributed by atoms with Crippen molar-refractivity contribution in [2.24, 2.45) is 7.05 Å². The van der Waals surface area contributed by atoms with E-state index in [1.165, 1.54) is 22.9 Å². The normalized spacial score (nSPS) is 11.9. The van der Waals surface area contributed by atoms with Gasteiger partial charge in [-0.3, -0.25) is 4.79 Å². The lowest BCUT2D eigenvalue weighted by Gasteiger charge is -2.17. The molecular formula is C23H28N4O2S. The summed E-state index contributed by atoms with van der Waals surface area (Å²) in [5.74, 6) is 1.74. The molecule has 1 N–H and O–H groups in total. The van der Waals surface area contributed by atoms with E-state index in [1.807, 2.05) is 63.6 Å². The number of anilines is 1. The fourth-order valence-corrected chi connectivity index (χ4v) is 3.89. The number of carbonyl (C=O) groups excluding carboxylic acids is 1. The molecule has 1 heterocycles. The number of thioether (sulfide) groups is 1. The molecule has 0 fully saturated rings. The van der Waals surface area contributed by atoms with Gasteiger partial charge in [-0.05, 0) is 63.4 Å². The predicted molar refractivity (Wildman–Crippen MR) is 121 cm³/mol. The van der Waals surface area contributed by atoms with E-state index in [1.54, 1.807) is 0 Å². The molecule has 0 bridgehead atoms. The zero-order valence-electron chi connectivity index (χ0n) is 18.3. The number of aryl methyl sites for hydroxylation is 3. The Morgan fingerprint density at radius 1 is 1.13 bits per heavy atom. The van der Waals surface area contributed by atoms with Crippen LogP contribution in [0.5, 0.6) is 5.75 Å². The van der Waals surface area contributed by atoms with Gasteiger partial charge in [0.1, 0.15) is 5.75 Å². The molecule has 1 atom stereocenters. The third-order valence-electron chi connectivity index (χ3n) is 5.08. The van der Waals surface area contributed by atoms with E-state index in [9.17, 15) is 4.79 Å². The number of hydrogen-bond acceptors (Lipinski definition) is 5. The van der Waals surface area contributed by atoms with Crippen LogP contribution in [-0.2, 0) is 11.8 Å². The summed E-state index contributed by atoms with van der Waals surface area (Å²) >= 11 is 1.36. The molecule has 0 saturated heterocycles. The SMILES string of the molecule is Cc1ccc(NC(=O)CSc2nnc(C(C)Oc3cccc(C)c3C)n2C)c(C)c1. The van der Waals surface area contributed by atoms with E-state index in [0.717, 1.165) is 22.6 Å². The zero-order valence-corrected chi connectivity index (χ0v) is 19.1. The lowest BCUT2D eigenvalue weighted by atomic mass is 10.1. The van der Waals surface area contributed by atoms with E-state index in [2.05, 4.69) is 34.6 Å². The highest BCUT2D eigenvalue weighted by Gasteiger charge is 2.19. The Hall–Kier alpha value is -2.80. The van der Waals surface area contributed by atoms with Gasteiger partial charge in [0.15, 0.2) is 17.1 Å². The van der Waals surface area contributed by atoms with Crippen LogP contribution >= 0.6 is 11.8 Å². The first-order valence-corrected chi connectivity index (χ1v) is 10.9. The second-order valence-corrected chi connectivity index (χ2v) is 8.46. The molecule has 2 aromatic carbocycles. The minimum atomic E-state index is -0.263. The average molecular weight is 425 g/mol. The Bertz CT molecular complexity index is 1060.